The Labute approximate surface area is 272 Å². The van der Waals surface area contributed by atoms with Crippen LogP contribution in [0, 0.1) is 5.41 Å². The number of amides is 3. The fraction of sp³-hybridized carbons (Fsp3) is 0.355. The number of fused-ring (bicyclic) bond motifs is 1. The number of benzene rings is 2. The summed E-state index contributed by atoms with van der Waals surface area (Å²) in [5, 5.41) is 8.14. The minimum Gasteiger partial charge on any atom is -0.339 e. The van der Waals surface area contributed by atoms with E-state index in [9.17, 15) is 27.7 Å². The molecule has 15 heteroatoms. The minimum atomic E-state index is -5.77. The number of aromatic nitrogens is 1. The number of thiazole rings is 1. The number of hydrogen-bond acceptors (Lipinski definition) is 7. The molecule has 1 aliphatic heterocycles. The van der Waals surface area contributed by atoms with E-state index in [-0.39, 0.29) is 16.2 Å². The van der Waals surface area contributed by atoms with Crippen molar-refractivity contribution in [1.29, 1.82) is 0 Å². The Balaban J connectivity index is 1.29. The number of halogens is 2. The van der Waals surface area contributed by atoms with Crippen LogP contribution < -0.4 is 10.6 Å². The van der Waals surface area contributed by atoms with Crippen molar-refractivity contribution < 1.29 is 37.5 Å². The van der Waals surface area contributed by atoms with Crippen LogP contribution >= 0.6 is 30.3 Å². The number of thiophene rings is 1. The molecule has 2 aromatic carbocycles. The third kappa shape index (κ3) is 7.21. The number of hydrogen-bond donors (Lipinski definition) is 4. The van der Waals surface area contributed by atoms with Crippen molar-refractivity contribution in [2.24, 2.45) is 5.41 Å². The van der Waals surface area contributed by atoms with Crippen molar-refractivity contribution in [2.45, 2.75) is 57.8 Å². The maximum Gasteiger partial charge on any atom is 0.399 e. The van der Waals surface area contributed by atoms with Crippen molar-refractivity contribution in [2.75, 3.05) is 11.9 Å². The predicted molar refractivity (Wildman–Crippen MR) is 173 cm³/mol. The van der Waals surface area contributed by atoms with Crippen molar-refractivity contribution in [3.63, 3.8) is 0 Å². The third-order valence-electron chi connectivity index (χ3n) is 7.69. The molecule has 3 amide bonds. The molecule has 3 heterocycles. The average molecular weight is 691 g/mol. The number of rotatable bonds is 9. The van der Waals surface area contributed by atoms with Gasteiger partial charge in [-0.3, -0.25) is 18.9 Å². The van der Waals surface area contributed by atoms with Crippen LogP contribution in [0.2, 0.25) is 0 Å². The largest absolute Gasteiger partial charge is 0.399 e. The van der Waals surface area contributed by atoms with E-state index >= 15 is 0 Å². The van der Waals surface area contributed by atoms with Crippen molar-refractivity contribution in [3.05, 3.63) is 81.7 Å². The van der Waals surface area contributed by atoms with Crippen LogP contribution in [0.3, 0.4) is 0 Å². The van der Waals surface area contributed by atoms with E-state index in [0.29, 0.717) is 35.6 Å². The van der Waals surface area contributed by atoms with E-state index in [1.807, 2.05) is 35.7 Å². The van der Waals surface area contributed by atoms with Gasteiger partial charge in [0.25, 0.3) is 5.91 Å². The summed E-state index contributed by atoms with van der Waals surface area (Å²) in [5.74, 6) is -1.41. The number of carbonyl (C=O) groups excluding carboxylic acids is 3. The molecular formula is C31H33F2N4O6PS2. The molecule has 2 atom stereocenters. The monoisotopic (exact) mass is 690 g/mol. The number of alkyl halides is 2. The summed E-state index contributed by atoms with van der Waals surface area (Å²) in [6.45, 7) is 5.68. The van der Waals surface area contributed by atoms with Gasteiger partial charge in [0.05, 0.1) is 10.6 Å². The van der Waals surface area contributed by atoms with Gasteiger partial charge in [0.15, 0.2) is 5.13 Å². The second-order valence-electron chi connectivity index (χ2n) is 12.2. The molecule has 0 unspecified atom stereocenters. The average Bonchev–Trinajstić information content (AvgIpc) is 3.74. The SMILES string of the molecule is CC(C)(C)[C@H](NC(=O)c1cc2cc(C(F)(F)P(=O)(O)O)ccc2s1)C(=O)N1CCC[C@H]1C(=O)Nc1nc(Cc2ccccc2)cs1. The van der Waals surface area contributed by atoms with Crippen LogP contribution in [-0.2, 0) is 26.2 Å². The van der Waals surface area contributed by atoms with Crippen LogP contribution in [-0.4, -0.2) is 56.0 Å². The summed E-state index contributed by atoms with van der Waals surface area (Å²) < 4.78 is 40.3. The summed E-state index contributed by atoms with van der Waals surface area (Å²) in [5.41, 5.74) is -4.11. The fourth-order valence-electron chi connectivity index (χ4n) is 5.27. The normalized spacial score (nSPS) is 16.4. The van der Waals surface area contributed by atoms with Crippen LogP contribution in [0.1, 0.15) is 60.1 Å². The zero-order valence-corrected chi connectivity index (χ0v) is 27.7. The first-order chi connectivity index (χ1) is 21.5. The second-order valence-corrected chi connectivity index (χ2v) is 15.8. The highest BCUT2D eigenvalue weighted by atomic mass is 32.1. The molecule has 10 nitrogen and oxygen atoms in total. The van der Waals surface area contributed by atoms with Crippen LogP contribution in [0.25, 0.3) is 10.1 Å². The Morgan fingerprint density at radius 1 is 1.11 bits per heavy atom. The van der Waals surface area contributed by atoms with Gasteiger partial charge in [-0.15, -0.1) is 22.7 Å². The van der Waals surface area contributed by atoms with Gasteiger partial charge in [-0.1, -0.05) is 57.2 Å². The number of anilines is 1. The minimum absolute atomic E-state index is 0.125. The van der Waals surface area contributed by atoms with Gasteiger partial charge in [-0.05, 0) is 47.4 Å². The van der Waals surface area contributed by atoms with Gasteiger partial charge < -0.3 is 25.3 Å². The van der Waals surface area contributed by atoms with Crippen LogP contribution in [0.5, 0.6) is 0 Å². The third-order valence-corrected chi connectivity index (χ3v) is 10.6. The summed E-state index contributed by atoms with van der Waals surface area (Å²) in [7, 11) is -5.77. The zero-order chi connectivity index (χ0) is 33.4. The highest BCUT2D eigenvalue weighted by molar-refractivity contribution is 7.52. The Bertz CT molecular complexity index is 1820. The highest BCUT2D eigenvalue weighted by Gasteiger charge is 2.50. The quantitative estimate of drug-likeness (QED) is 0.159. The van der Waals surface area contributed by atoms with Gasteiger partial charge in [-0.25, -0.2) is 4.98 Å². The van der Waals surface area contributed by atoms with Crippen LogP contribution in [0.4, 0.5) is 13.9 Å². The molecule has 4 aromatic rings. The van der Waals surface area contributed by atoms with E-state index in [4.69, 9.17) is 9.79 Å². The number of likely N-dealkylation sites (tertiary alicyclic amines) is 1. The first kappa shape index (κ1) is 33.8. The molecule has 1 aliphatic rings. The summed E-state index contributed by atoms with van der Waals surface area (Å²) in [6.07, 6.45) is 1.67. The van der Waals surface area contributed by atoms with E-state index < -0.39 is 48.1 Å². The maximum absolute atomic E-state index is 14.3. The molecule has 0 saturated carbocycles. The smallest absolute Gasteiger partial charge is 0.339 e. The van der Waals surface area contributed by atoms with E-state index in [1.165, 1.54) is 28.4 Å². The lowest BCUT2D eigenvalue weighted by molar-refractivity contribution is -0.140. The Hall–Kier alpha value is -3.55. The van der Waals surface area contributed by atoms with Gasteiger partial charge in [-0.2, -0.15) is 8.78 Å². The lowest BCUT2D eigenvalue weighted by Gasteiger charge is -2.35. The van der Waals surface area contributed by atoms with E-state index in [1.54, 1.807) is 20.8 Å². The van der Waals surface area contributed by atoms with Crippen molar-refractivity contribution >= 4 is 63.2 Å². The first-order valence-electron chi connectivity index (χ1n) is 14.4. The Kier molecular flexibility index (Phi) is 9.49. The molecule has 5 rings (SSSR count). The zero-order valence-electron chi connectivity index (χ0n) is 25.2. The summed E-state index contributed by atoms with van der Waals surface area (Å²) >= 11 is 2.30. The van der Waals surface area contributed by atoms with E-state index in [0.717, 1.165) is 34.7 Å². The highest BCUT2D eigenvalue weighted by Crippen LogP contribution is 2.59. The molecule has 0 bridgehead atoms. The molecule has 4 N–H and O–H groups in total. The first-order valence-corrected chi connectivity index (χ1v) is 17.7. The molecule has 1 fully saturated rings. The molecule has 0 radical (unpaired) electrons. The standard InChI is InChI=1S/C31H33F2N4O6PS2/c1-30(2,3)25(35-27(39)24-16-19-15-20(11-12-23(19)46-24)31(32,33)44(41,42)43)28(40)37-13-7-10-22(37)26(38)36-29-34-21(17-45-29)14-18-8-5-4-6-9-18/h4-6,8-9,11-12,15-17,22,25H,7,10,13-14H2,1-3H3,(H,35,39)(H,34,36,38)(H2,41,42,43)/t22-,25+/m0/s1. The molecule has 1 saturated heterocycles. The van der Waals surface area contributed by atoms with Gasteiger partial charge in [0.2, 0.25) is 11.8 Å². The summed E-state index contributed by atoms with van der Waals surface area (Å²) in [4.78, 5) is 65.0. The van der Waals surface area contributed by atoms with Crippen molar-refractivity contribution in [3.8, 4) is 0 Å². The molecule has 2 aromatic heterocycles. The molecular weight excluding hydrogens is 657 g/mol. The lowest BCUT2D eigenvalue weighted by Crippen LogP contribution is -2.57. The molecule has 0 aliphatic carbocycles. The van der Waals surface area contributed by atoms with Gasteiger partial charge in [0, 0.05) is 28.6 Å². The predicted octanol–water partition coefficient (Wildman–Crippen LogP) is 5.95. The Morgan fingerprint density at radius 2 is 1.83 bits per heavy atom. The van der Waals surface area contributed by atoms with Crippen molar-refractivity contribution in [1.82, 2.24) is 15.2 Å². The van der Waals surface area contributed by atoms with Gasteiger partial charge in [0.1, 0.15) is 12.1 Å². The number of nitrogens with zero attached hydrogens (tertiary/aromatic N) is 2. The molecule has 244 valence electrons. The topological polar surface area (TPSA) is 149 Å². The van der Waals surface area contributed by atoms with Crippen LogP contribution in [0.15, 0.2) is 60.0 Å². The second kappa shape index (κ2) is 12.9. The molecule has 46 heavy (non-hydrogen) atoms. The van der Waals surface area contributed by atoms with E-state index in [2.05, 4.69) is 15.6 Å². The fourth-order valence-corrected chi connectivity index (χ4v) is 7.40. The molecule has 0 spiro atoms. The Morgan fingerprint density at radius 3 is 2.50 bits per heavy atom. The lowest BCUT2D eigenvalue weighted by atomic mass is 9.85. The number of carbonyl (C=O) groups is 3. The maximum atomic E-state index is 14.3. The van der Waals surface area contributed by atoms with Gasteiger partial charge >= 0.3 is 13.3 Å². The summed E-state index contributed by atoms with van der Waals surface area (Å²) in [6, 6.07) is 12.5. The number of nitrogens with one attached hydrogen (secondary N) is 2.